The highest BCUT2D eigenvalue weighted by atomic mass is 16.5. The molecule has 0 aliphatic rings. The van der Waals surface area contributed by atoms with Gasteiger partial charge in [-0.1, -0.05) is 26.8 Å². The van der Waals surface area contributed by atoms with Crippen molar-refractivity contribution in [1.29, 1.82) is 0 Å². The first-order chi connectivity index (χ1) is 9.53. The molecule has 0 aliphatic carbocycles. The molecule has 3 unspecified atom stereocenters. The van der Waals surface area contributed by atoms with Gasteiger partial charge in [0.05, 0.1) is 18.8 Å². The molecule has 3 heteroatoms. The molecule has 0 amide bonds. The maximum absolute atomic E-state index is 9.98. The van der Waals surface area contributed by atoms with E-state index < -0.39 is 12.2 Å². The van der Waals surface area contributed by atoms with Gasteiger partial charge in [0, 0.05) is 0 Å². The Balaban J connectivity index is 2.83. The Bertz CT molecular complexity index is 403. The topological polar surface area (TPSA) is 49.7 Å². The lowest BCUT2D eigenvalue weighted by Gasteiger charge is -2.22. The molecule has 0 heterocycles. The monoisotopic (exact) mass is 280 g/mol. The highest BCUT2D eigenvalue weighted by molar-refractivity contribution is 5.37. The van der Waals surface area contributed by atoms with Crippen LogP contribution in [0.2, 0.25) is 0 Å². The van der Waals surface area contributed by atoms with E-state index in [4.69, 9.17) is 4.74 Å². The molecule has 0 fully saturated rings. The highest BCUT2D eigenvalue weighted by Gasteiger charge is 2.20. The second-order valence-corrected chi connectivity index (χ2v) is 5.33. The van der Waals surface area contributed by atoms with Crippen LogP contribution in [0.3, 0.4) is 0 Å². The zero-order chi connectivity index (χ0) is 15.1. The summed E-state index contributed by atoms with van der Waals surface area (Å²) in [5.41, 5.74) is 2.49. The van der Waals surface area contributed by atoms with Crippen molar-refractivity contribution in [3.63, 3.8) is 0 Å². The van der Waals surface area contributed by atoms with E-state index >= 15 is 0 Å². The summed E-state index contributed by atoms with van der Waals surface area (Å²) in [6.07, 6.45) is 0.803. The lowest BCUT2D eigenvalue weighted by molar-refractivity contribution is 0.00950. The van der Waals surface area contributed by atoms with Crippen molar-refractivity contribution in [3.05, 3.63) is 29.3 Å². The van der Waals surface area contributed by atoms with Crippen molar-refractivity contribution in [2.45, 2.75) is 65.1 Å². The lowest BCUT2D eigenvalue weighted by atomic mass is 9.88. The molecular weight excluding hydrogens is 252 g/mol. The van der Waals surface area contributed by atoms with E-state index in [1.807, 2.05) is 19.9 Å². The fourth-order valence-electron chi connectivity index (χ4n) is 2.54. The van der Waals surface area contributed by atoms with Crippen LogP contribution in [0.25, 0.3) is 0 Å². The molecule has 1 rings (SSSR count). The molecule has 0 spiro atoms. The lowest BCUT2D eigenvalue weighted by Crippen LogP contribution is -2.26. The van der Waals surface area contributed by atoms with E-state index in [0.29, 0.717) is 19.4 Å². The highest BCUT2D eigenvalue weighted by Crippen LogP contribution is 2.28. The summed E-state index contributed by atoms with van der Waals surface area (Å²) < 4.78 is 5.53. The second kappa shape index (κ2) is 8.28. The minimum Gasteiger partial charge on any atom is -0.494 e. The molecule has 0 saturated heterocycles. The molecule has 0 saturated carbocycles. The Hall–Kier alpha value is -1.06. The summed E-state index contributed by atoms with van der Waals surface area (Å²) in [5, 5.41) is 19.7. The van der Waals surface area contributed by atoms with Crippen LogP contribution >= 0.6 is 0 Å². The molecule has 0 aromatic heterocycles. The van der Waals surface area contributed by atoms with Crippen molar-refractivity contribution in [3.8, 4) is 5.75 Å². The van der Waals surface area contributed by atoms with Crippen molar-refractivity contribution in [1.82, 2.24) is 0 Å². The first kappa shape index (κ1) is 17.0. The number of aryl methyl sites for hydroxylation is 1. The molecule has 20 heavy (non-hydrogen) atoms. The molecule has 1 aromatic rings. The van der Waals surface area contributed by atoms with Gasteiger partial charge in [0.1, 0.15) is 5.75 Å². The third-order valence-corrected chi connectivity index (χ3v) is 3.79. The summed E-state index contributed by atoms with van der Waals surface area (Å²) in [7, 11) is 0. The molecule has 0 radical (unpaired) electrons. The molecule has 1 aromatic carbocycles. The predicted octanol–water partition coefficient (Wildman–Crippen LogP) is 3.27. The van der Waals surface area contributed by atoms with Crippen LogP contribution in [-0.2, 0) is 6.42 Å². The van der Waals surface area contributed by atoms with Crippen LogP contribution in [0, 0.1) is 0 Å². The fourth-order valence-corrected chi connectivity index (χ4v) is 2.54. The molecule has 3 atom stereocenters. The number of aliphatic hydroxyl groups excluding tert-OH is 2. The number of rotatable bonds is 8. The molecule has 0 bridgehead atoms. The van der Waals surface area contributed by atoms with Gasteiger partial charge in [-0.05, 0) is 55.4 Å². The minimum atomic E-state index is -0.661. The van der Waals surface area contributed by atoms with Gasteiger partial charge < -0.3 is 14.9 Å². The molecule has 2 N–H and O–H groups in total. The van der Waals surface area contributed by atoms with E-state index in [1.165, 1.54) is 11.1 Å². The van der Waals surface area contributed by atoms with Crippen LogP contribution in [0.4, 0.5) is 0 Å². The van der Waals surface area contributed by atoms with Gasteiger partial charge in [0.15, 0.2) is 0 Å². The third kappa shape index (κ3) is 4.50. The van der Waals surface area contributed by atoms with Gasteiger partial charge in [0.25, 0.3) is 0 Å². The normalized spacial score (nSPS) is 15.7. The van der Waals surface area contributed by atoms with Crippen LogP contribution in [0.15, 0.2) is 18.2 Å². The molecule has 3 nitrogen and oxygen atoms in total. The first-order valence-corrected chi connectivity index (χ1v) is 7.65. The largest absolute Gasteiger partial charge is 0.494 e. The predicted molar refractivity (Wildman–Crippen MR) is 82.3 cm³/mol. The summed E-state index contributed by atoms with van der Waals surface area (Å²) in [5.74, 6) is 1.12. The van der Waals surface area contributed by atoms with Crippen LogP contribution in [0.1, 0.15) is 57.6 Å². The van der Waals surface area contributed by atoms with E-state index in [0.717, 1.165) is 12.2 Å². The maximum atomic E-state index is 9.98. The SMILES string of the molecule is CCOc1ccc(C(C)CC(O)C(O)CC)c(CC)c1. The summed E-state index contributed by atoms with van der Waals surface area (Å²) in [6.45, 7) is 8.75. The quantitative estimate of drug-likeness (QED) is 0.768. The van der Waals surface area contributed by atoms with Crippen LogP contribution in [-0.4, -0.2) is 29.0 Å². The Kier molecular flexibility index (Phi) is 7.03. The van der Waals surface area contributed by atoms with Gasteiger partial charge in [-0.15, -0.1) is 0 Å². The number of aliphatic hydroxyl groups is 2. The molecule has 114 valence electrons. The fraction of sp³-hybridized carbons (Fsp3) is 0.647. The number of hydrogen-bond acceptors (Lipinski definition) is 3. The van der Waals surface area contributed by atoms with Crippen molar-refractivity contribution < 1.29 is 14.9 Å². The van der Waals surface area contributed by atoms with Crippen LogP contribution in [0.5, 0.6) is 5.75 Å². The van der Waals surface area contributed by atoms with Gasteiger partial charge in [-0.3, -0.25) is 0 Å². The Morgan fingerprint density at radius 1 is 1.10 bits per heavy atom. The summed E-state index contributed by atoms with van der Waals surface area (Å²) >= 11 is 0. The van der Waals surface area contributed by atoms with E-state index in [-0.39, 0.29) is 5.92 Å². The standard InChI is InChI=1S/C17H28O3/c1-5-13-11-14(20-7-3)8-9-15(13)12(4)10-17(19)16(18)6-2/h8-9,11-12,16-19H,5-7,10H2,1-4H3. The van der Waals surface area contributed by atoms with Crippen molar-refractivity contribution in [2.75, 3.05) is 6.61 Å². The number of hydrogen-bond donors (Lipinski definition) is 2. The van der Waals surface area contributed by atoms with E-state index in [9.17, 15) is 10.2 Å². The number of ether oxygens (including phenoxy) is 1. The zero-order valence-electron chi connectivity index (χ0n) is 13.1. The first-order valence-electron chi connectivity index (χ1n) is 7.65. The third-order valence-electron chi connectivity index (χ3n) is 3.79. The van der Waals surface area contributed by atoms with Crippen LogP contribution < -0.4 is 4.74 Å². The molecular formula is C17H28O3. The Labute approximate surface area is 122 Å². The van der Waals surface area contributed by atoms with E-state index in [2.05, 4.69) is 26.0 Å². The molecule has 0 aliphatic heterocycles. The average molecular weight is 280 g/mol. The Morgan fingerprint density at radius 2 is 1.80 bits per heavy atom. The van der Waals surface area contributed by atoms with Gasteiger partial charge in [-0.25, -0.2) is 0 Å². The summed E-state index contributed by atoms with van der Waals surface area (Å²) in [6, 6.07) is 6.15. The smallest absolute Gasteiger partial charge is 0.119 e. The second-order valence-electron chi connectivity index (χ2n) is 5.33. The van der Waals surface area contributed by atoms with Crippen molar-refractivity contribution >= 4 is 0 Å². The average Bonchev–Trinajstić information content (AvgIpc) is 2.46. The van der Waals surface area contributed by atoms with Gasteiger partial charge in [0.2, 0.25) is 0 Å². The summed E-state index contributed by atoms with van der Waals surface area (Å²) in [4.78, 5) is 0. The number of benzene rings is 1. The van der Waals surface area contributed by atoms with Crippen molar-refractivity contribution in [2.24, 2.45) is 0 Å². The Morgan fingerprint density at radius 3 is 2.35 bits per heavy atom. The van der Waals surface area contributed by atoms with Gasteiger partial charge in [-0.2, -0.15) is 0 Å². The minimum absolute atomic E-state index is 0.219. The van der Waals surface area contributed by atoms with Gasteiger partial charge >= 0.3 is 0 Å². The zero-order valence-corrected chi connectivity index (χ0v) is 13.1. The maximum Gasteiger partial charge on any atom is 0.119 e. The van der Waals surface area contributed by atoms with E-state index in [1.54, 1.807) is 0 Å².